The van der Waals surface area contributed by atoms with Gasteiger partial charge in [0.25, 0.3) is 0 Å². The Hall–Kier alpha value is -1.65. The van der Waals surface area contributed by atoms with Gasteiger partial charge in [-0.15, -0.1) is 0 Å². The van der Waals surface area contributed by atoms with Gasteiger partial charge in [0.1, 0.15) is 5.37 Å². The molecule has 20 heavy (non-hydrogen) atoms. The number of hydrogen-bond donors (Lipinski definition) is 1. The normalized spacial score (nSPS) is 18.6. The molecule has 3 rings (SSSR count). The Morgan fingerprint density at radius 3 is 2.70 bits per heavy atom. The summed E-state index contributed by atoms with van der Waals surface area (Å²) in [6, 6.07) is 14.9. The molecule has 1 N–H and O–H groups in total. The lowest BCUT2D eigenvalue weighted by molar-refractivity contribution is 0.542. The third-order valence-corrected chi connectivity index (χ3v) is 5.64. The second-order valence-electron chi connectivity index (χ2n) is 5.14. The molecule has 1 aliphatic rings. The molecule has 0 aromatic heterocycles. The van der Waals surface area contributed by atoms with Crippen molar-refractivity contribution >= 4 is 9.84 Å². The minimum absolute atomic E-state index is 0.381. The number of aryl methyl sites for hydroxylation is 1. The van der Waals surface area contributed by atoms with Crippen molar-refractivity contribution in [3.63, 3.8) is 0 Å². The standard InChI is InChI=1S/C16H17NO2S/c1-12-5-4-7-14(11-12)20(18,19)16-15-8-3-2-6-13(15)9-10-17-16/h2-8,11,16-17H,9-10H2,1H3. The summed E-state index contributed by atoms with van der Waals surface area (Å²) in [5.41, 5.74) is 2.95. The summed E-state index contributed by atoms with van der Waals surface area (Å²) in [5.74, 6) is 0. The maximum atomic E-state index is 12.8. The van der Waals surface area contributed by atoms with E-state index < -0.39 is 15.2 Å². The van der Waals surface area contributed by atoms with Gasteiger partial charge >= 0.3 is 0 Å². The predicted molar refractivity (Wildman–Crippen MR) is 79.3 cm³/mol. The van der Waals surface area contributed by atoms with Gasteiger partial charge in [0, 0.05) is 6.54 Å². The minimum atomic E-state index is -3.41. The molecule has 0 saturated carbocycles. The fraction of sp³-hybridized carbons (Fsp3) is 0.250. The highest BCUT2D eigenvalue weighted by molar-refractivity contribution is 7.91. The molecule has 0 amide bonds. The van der Waals surface area contributed by atoms with Crippen LogP contribution in [-0.4, -0.2) is 15.0 Å². The molecular weight excluding hydrogens is 270 g/mol. The van der Waals surface area contributed by atoms with Crippen molar-refractivity contribution in [1.82, 2.24) is 5.32 Å². The highest BCUT2D eigenvalue weighted by Crippen LogP contribution is 2.31. The molecule has 0 bridgehead atoms. The van der Waals surface area contributed by atoms with Crippen molar-refractivity contribution in [1.29, 1.82) is 0 Å². The SMILES string of the molecule is Cc1cccc(S(=O)(=O)C2NCCc3ccccc32)c1. The topological polar surface area (TPSA) is 46.2 Å². The van der Waals surface area contributed by atoms with Gasteiger partial charge in [-0.05, 0) is 42.2 Å². The second-order valence-corrected chi connectivity index (χ2v) is 7.18. The van der Waals surface area contributed by atoms with Crippen LogP contribution in [0.1, 0.15) is 22.1 Å². The van der Waals surface area contributed by atoms with E-state index in [1.807, 2.05) is 37.3 Å². The lowest BCUT2D eigenvalue weighted by Crippen LogP contribution is -2.35. The number of benzene rings is 2. The molecule has 0 spiro atoms. The van der Waals surface area contributed by atoms with E-state index in [1.165, 1.54) is 0 Å². The molecule has 1 atom stereocenters. The van der Waals surface area contributed by atoms with Crippen LogP contribution < -0.4 is 5.32 Å². The Kier molecular flexibility index (Phi) is 3.36. The average Bonchev–Trinajstić information content (AvgIpc) is 2.46. The first-order chi connectivity index (χ1) is 9.59. The van der Waals surface area contributed by atoms with Gasteiger partial charge in [-0.25, -0.2) is 8.42 Å². The van der Waals surface area contributed by atoms with E-state index in [2.05, 4.69) is 5.32 Å². The monoisotopic (exact) mass is 287 g/mol. The van der Waals surface area contributed by atoms with Crippen LogP contribution in [0.5, 0.6) is 0 Å². The van der Waals surface area contributed by atoms with Crippen LogP contribution in [0.2, 0.25) is 0 Å². The molecule has 1 aliphatic heterocycles. The second kappa shape index (κ2) is 5.04. The summed E-state index contributed by atoms with van der Waals surface area (Å²) >= 11 is 0. The molecule has 0 fully saturated rings. The summed E-state index contributed by atoms with van der Waals surface area (Å²) in [6.07, 6.45) is 0.871. The van der Waals surface area contributed by atoms with Crippen molar-refractivity contribution in [2.75, 3.05) is 6.54 Å². The van der Waals surface area contributed by atoms with Gasteiger partial charge in [-0.3, -0.25) is 5.32 Å². The van der Waals surface area contributed by atoms with Crippen LogP contribution in [0, 0.1) is 6.92 Å². The van der Waals surface area contributed by atoms with E-state index in [0.29, 0.717) is 11.4 Å². The number of hydrogen-bond acceptors (Lipinski definition) is 3. The Bertz CT molecular complexity index is 738. The average molecular weight is 287 g/mol. The van der Waals surface area contributed by atoms with Gasteiger partial charge in [0.2, 0.25) is 0 Å². The lowest BCUT2D eigenvalue weighted by atomic mass is 10.0. The quantitative estimate of drug-likeness (QED) is 0.923. The first-order valence-corrected chi connectivity index (χ1v) is 8.25. The van der Waals surface area contributed by atoms with Gasteiger partial charge in [0.15, 0.2) is 9.84 Å². The molecule has 0 radical (unpaired) electrons. The molecule has 3 nitrogen and oxygen atoms in total. The zero-order valence-electron chi connectivity index (χ0n) is 11.3. The van der Waals surface area contributed by atoms with E-state index in [-0.39, 0.29) is 0 Å². The Balaban J connectivity index is 2.10. The molecular formula is C16H17NO2S. The third kappa shape index (κ3) is 2.25. The fourth-order valence-electron chi connectivity index (χ4n) is 2.67. The summed E-state index contributed by atoms with van der Waals surface area (Å²) in [4.78, 5) is 0.381. The van der Waals surface area contributed by atoms with Gasteiger partial charge in [0.05, 0.1) is 4.90 Å². The molecule has 0 saturated heterocycles. The van der Waals surface area contributed by atoms with E-state index in [4.69, 9.17) is 0 Å². The molecule has 2 aromatic carbocycles. The van der Waals surface area contributed by atoms with Crippen molar-refractivity contribution in [3.05, 3.63) is 65.2 Å². The highest BCUT2D eigenvalue weighted by atomic mass is 32.2. The summed E-state index contributed by atoms with van der Waals surface area (Å²) < 4.78 is 25.7. The molecule has 104 valence electrons. The van der Waals surface area contributed by atoms with Crippen LogP contribution in [-0.2, 0) is 16.3 Å². The predicted octanol–water partition coefficient (Wildman–Crippen LogP) is 2.61. The smallest absolute Gasteiger partial charge is 0.198 e. The van der Waals surface area contributed by atoms with E-state index >= 15 is 0 Å². The Morgan fingerprint density at radius 2 is 1.90 bits per heavy atom. The van der Waals surface area contributed by atoms with Gasteiger partial charge in [-0.1, -0.05) is 36.4 Å². The van der Waals surface area contributed by atoms with Crippen LogP contribution in [0.4, 0.5) is 0 Å². The zero-order chi connectivity index (χ0) is 14.2. The van der Waals surface area contributed by atoms with Crippen molar-refractivity contribution in [2.24, 2.45) is 0 Å². The van der Waals surface area contributed by atoms with E-state index in [0.717, 1.165) is 23.1 Å². The molecule has 1 heterocycles. The van der Waals surface area contributed by atoms with E-state index in [1.54, 1.807) is 18.2 Å². The number of fused-ring (bicyclic) bond motifs is 1. The van der Waals surface area contributed by atoms with Crippen LogP contribution in [0.25, 0.3) is 0 Å². The summed E-state index contributed by atoms with van der Waals surface area (Å²) in [5, 5.41) is 2.50. The van der Waals surface area contributed by atoms with E-state index in [9.17, 15) is 8.42 Å². The largest absolute Gasteiger partial charge is 0.297 e. The fourth-order valence-corrected chi connectivity index (χ4v) is 4.46. The first kappa shape index (κ1) is 13.3. The van der Waals surface area contributed by atoms with Crippen LogP contribution in [0.15, 0.2) is 53.4 Å². The number of sulfone groups is 1. The minimum Gasteiger partial charge on any atom is -0.297 e. The maximum Gasteiger partial charge on any atom is 0.198 e. The van der Waals surface area contributed by atoms with Gasteiger partial charge in [-0.2, -0.15) is 0 Å². The number of rotatable bonds is 2. The lowest BCUT2D eigenvalue weighted by Gasteiger charge is -2.26. The third-order valence-electron chi connectivity index (χ3n) is 3.69. The van der Waals surface area contributed by atoms with Gasteiger partial charge < -0.3 is 0 Å². The van der Waals surface area contributed by atoms with Crippen molar-refractivity contribution < 1.29 is 8.42 Å². The van der Waals surface area contributed by atoms with Crippen molar-refractivity contribution in [2.45, 2.75) is 23.6 Å². The van der Waals surface area contributed by atoms with Crippen LogP contribution >= 0.6 is 0 Å². The Labute approximate surface area is 119 Å². The van der Waals surface area contributed by atoms with Crippen molar-refractivity contribution in [3.8, 4) is 0 Å². The summed E-state index contributed by atoms with van der Waals surface area (Å²) in [7, 11) is -3.41. The zero-order valence-corrected chi connectivity index (χ0v) is 12.2. The maximum absolute atomic E-state index is 12.8. The molecule has 2 aromatic rings. The Morgan fingerprint density at radius 1 is 1.10 bits per heavy atom. The highest BCUT2D eigenvalue weighted by Gasteiger charge is 2.32. The summed E-state index contributed by atoms with van der Waals surface area (Å²) in [6.45, 7) is 2.59. The first-order valence-electron chi connectivity index (χ1n) is 6.71. The molecule has 4 heteroatoms. The van der Waals surface area contributed by atoms with Crippen LogP contribution in [0.3, 0.4) is 0 Å². The molecule has 0 aliphatic carbocycles. The molecule has 1 unspecified atom stereocenters. The number of nitrogens with one attached hydrogen (secondary N) is 1.